The van der Waals surface area contributed by atoms with Gasteiger partial charge in [-0.15, -0.1) is 0 Å². The molecule has 1 fully saturated rings. The molecule has 0 spiro atoms. The van der Waals surface area contributed by atoms with E-state index in [2.05, 4.69) is 51.4 Å². The second-order valence-corrected chi connectivity index (χ2v) is 9.47. The lowest BCUT2D eigenvalue weighted by atomic mass is 9.95. The Bertz CT molecular complexity index is 1130. The number of rotatable bonds is 7. The van der Waals surface area contributed by atoms with Crippen molar-refractivity contribution in [1.29, 1.82) is 0 Å². The van der Waals surface area contributed by atoms with E-state index in [-0.39, 0.29) is 5.82 Å². The van der Waals surface area contributed by atoms with Gasteiger partial charge in [0.05, 0.1) is 5.69 Å². The summed E-state index contributed by atoms with van der Waals surface area (Å²) in [6, 6.07) is 5.67. The molecule has 3 heterocycles. The van der Waals surface area contributed by atoms with Crippen molar-refractivity contribution in [2.45, 2.75) is 52.1 Å². The molecular formula is C25H35FN8. The van der Waals surface area contributed by atoms with Crippen LogP contribution in [-0.4, -0.2) is 57.1 Å². The number of hydrogen-bond acceptors (Lipinski definition) is 7. The molecule has 1 aliphatic rings. The minimum atomic E-state index is -0.195. The van der Waals surface area contributed by atoms with E-state index in [1.165, 1.54) is 12.4 Å². The van der Waals surface area contributed by atoms with Crippen molar-refractivity contribution in [3.05, 3.63) is 47.9 Å². The summed E-state index contributed by atoms with van der Waals surface area (Å²) < 4.78 is 16.1. The fraction of sp³-hybridized carbons (Fsp3) is 0.480. The highest BCUT2D eigenvalue weighted by Gasteiger charge is 2.27. The Morgan fingerprint density at radius 1 is 1.18 bits per heavy atom. The highest BCUT2D eigenvalue weighted by atomic mass is 19.1. The van der Waals surface area contributed by atoms with E-state index < -0.39 is 0 Å². The molecule has 2 aromatic heterocycles. The predicted octanol–water partition coefficient (Wildman–Crippen LogP) is 3.68. The predicted molar refractivity (Wildman–Crippen MR) is 135 cm³/mol. The summed E-state index contributed by atoms with van der Waals surface area (Å²) in [6.07, 6.45) is 5.44. The van der Waals surface area contributed by atoms with E-state index in [9.17, 15) is 4.39 Å². The molecule has 0 saturated carbocycles. The third kappa shape index (κ3) is 4.99. The first-order valence-corrected chi connectivity index (χ1v) is 11.9. The number of imidazole rings is 1. The summed E-state index contributed by atoms with van der Waals surface area (Å²) in [6.45, 7) is 9.59. The van der Waals surface area contributed by atoms with E-state index >= 15 is 0 Å². The van der Waals surface area contributed by atoms with Crippen LogP contribution in [0.5, 0.6) is 0 Å². The molecule has 34 heavy (non-hydrogen) atoms. The lowest BCUT2D eigenvalue weighted by Gasteiger charge is -2.33. The molecular weight excluding hydrogens is 431 g/mol. The zero-order valence-corrected chi connectivity index (χ0v) is 20.5. The second kappa shape index (κ2) is 9.97. The van der Waals surface area contributed by atoms with Crippen molar-refractivity contribution in [2.24, 2.45) is 0 Å². The number of likely N-dealkylation sites (N-methyl/N-ethyl adjacent to an activating group) is 1. The normalized spacial score (nSPS) is 15.0. The first-order chi connectivity index (χ1) is 16.2. The number of piperidine rings is 1. The molecule has 3 aromatic rings. The van der Waals surface area contributed by atoms with Crippen molar-refractivity contribution in [1.82, 2.24) is 24.4 Å². The molecule has 0 bridgehead atoms. The molecule has 4 N–H and O–H groups in total. The SMILES string of the molecule is Cc1cc(-c2cn(CCN(C)C(C)C)c(C3CCN(c4ncnc(N)c4N)CC3)n2)ccc1F. The van der Waals surface area contributed by atoms with E-state index in [1.54, 1.807) is 6.92 Å². The molecule has 182 valence electrons. The van der Waals surface area contributed by atoms with Gasteiger partial charge in [-0.3, -0.25) is 0 Å². The van der Waals surface area contributed by atoms with Crippen molar-refractivity contribution in [2.75, 3.05) is 43.0 Å². The van der Waals surface area contributed by atoms with Gasteiger partial charge in [0.2, 0.25) is 0 Å². The molecule has 0 unspecified atom stereocenters. The zero-order chi connectivity index (χ0) is 24.4. The molecule has 4 rings (SSSR count). The summed E-state index contributed by atoms with van der Waals surface area (Å²) >= 11 is 0. The number of hydrogen-bond donors (Lipinski definition) is 2. The van der Waals surface area contributed by atoms with Gasteiger partial charge >= 0.3 is 0 Å². The molecule has 0 atom stereocenters. The van der Waals surface area contributed by atoms with Gasteiger partial charge in [-0.05, 0) is 64.4 Å². The first-order valence-electron chi connectivity index (χ1n) is 11.9. The molecule has 0 amide bonds. The third-order valence-electron chi connectivity index (χ3n) is 6.89. The maximum atomic E-state index is 13.8. The highest BCUT2D eigenvalue weighted by molar-refractivity contribution is 5.73. The summed E-state index contributed by atoms with van der Waals surface area (Å²) in [5.74, 6) is 2.23. The summed E-state index contributed by atoms with van der Waals surface area (Å²) in [5, 5.41) is 0. The number of aryl methyl sites for hydroxylation is 1. The van der Waals surface area contributed by atoms with Crippen molar-refractivity contribution in [3.8, 4) is 11.3 Å². The topological polar surface area (TPSA) is 102 Å². The average Bonchev–Trinajstić information content (AvgIpc) is 3.25. The lowest BCUT2D eigenvalue weighted by molar-refractivity contribution is 0.260. The van der Waals surface area contributed by atoms with Crippen LogP contribution in [0.3, 0.4) is 0 Å². The van der Waals surface area contributed by atoms with Gasteiger partial charge in [-0.25, -0.2) is 19.3 Å². The van der Waals surface area contributed by atoms with E-state index in [4.69, 9.17) is 16.5 Å². The number of nitrogens with two attached hydrogens (primary N) is 2. The average molecular weight is 467 g/mol. The molecule has 9 heteroatoms. The Morgan fingerprint density at radius 3 is 2.59 bits per heavy atom. The number of aromatic nitrogens is 4. The van der Waals surface area contributed by atoms with Gasteiger partial charge < -0.3 is 25.8 Å². The van der Waals surface area contributed by atoms with Gasteiger partial charge in [0.1, 0.15) is 23.7 Å². The van der Waals surface area contributed by atoms with Crippen LogP contribution in [0.2, 0.25) is 0 Å². The molecule has 1 aliphatic heterocycles. The van der Waals surface area contributed by atoms with Crippen LogP contribution in [0.15, 0.2) is 30.7 Å². The minimum absolute atomic E-state index is 0.195. The van der Waals surface area contributed by atoms with E-state index in [1.807, 2.05) is 12.1 Å². The minimum Gasteiger partial charge on any atom is -0.393 e. The second-order valence-electron chi connectivity index (χ2n) is 9.47. The van der Waals surface area contributed by atoms with Crippen molar-refractivity contribution >= 4 is 17.3 Å². The third-order valence-corrected chi connectivity index (χ3v) is 6.89. The Balaban J connectivity index is 1.57. The number of nitrogens with zero attached hydrogens (tertiary/aromatic N) is 6. The Kier molecular flexibility index (Phi) is 7.02. The highest BCUT2D eigenvalue weighted by Crippen LogP contribution is 2.34. The number of halogens is 1. The zero-order valence-electron chi connectivity index (χ0n) is 20.5. The maximum Gasteiger partial charge on any atom is 0.157 e. The van der Waals surface area contributed by atoms with Crippen LogP contribution < -0.4 is 16.4 Å². The summed E-state index contributed by atoms with van der Waals surface area (Å²) in [5.41, 5.74) is 14.9. The van der Waals surface area contributed by atoms with Gasteiger partial charge in [0.25, 0.3) is 0 Å². The lowest BCUT2D eigenvalue weighted by Crippen LogP contribution is -2.35. The van der Waals surface area contributed by atoms with Crippen LogP contribution in [-0.2, 0) is 6.54 Å². The fourth-order valence-electron chi connectivity index (χ4n) is 4.40. The molecule has 0 radical (unpaired) electrons. The van der Waals surface area contributed by atoms with Gasteiger partial charge in [0, 0.05) is 49.9 Å². The quantitative estimate of drug-likeness (QED) is 0.548. The summed E-state index contributed by atoms with van der Waals surface area (Å²) in [7, 11) is 2.14. The van der Waals surface area contributed by atoms with Crippen molar-refractivity contribution < 1.29 is 4.39 Å². The van der Waals surface area contributed by atoms with Gasteiger partial charge in [0.15, 0.2) is 11.6 Å². The number of nitrogen functional groups attached to an aromatic ring is 2. The van der Waals surface area contributed by atoms with E-state index in [0.29, 0.717) is 34.8 Å². The van der Waals surface area contributed by atoms with Crippen LogP contribution >= 0.6 is 0 Å². The van der Waals surface area contributed by atoms with Crippen LogP contribution in [0.1, 0.15) is 44.0 Å². The Morgan fingerprint density at radius 2 is 1.91 bits per heavy atom. The number of anilines is 3. The fourth-order valence-corrected chi connectivity index (χ4v) is 4.40. The number of benzene rings is 1. The van der Waals surface area contributed by atoms with Gasteiger partial charge in [-0.2, -0.15) is 0 Å². The molecule has 8 nitrogen and oxygen atoms in total. The van der Waals surface area contributed by atoms with Gasteiger partial charge in [-0.1, -0.05) is 0 Å². The summed E-state index contributed by atoms with van der Waals surface area (Å²) in [4.78, 5) is 17.9. The van der Waals surface area contributed by atoms with Crippen LogP contribution in [0.25, 0.3) is 11.3 Å². The Hall–Kier alpha value is -3.20. The van der Waals surface area contributed by atoms with Crippen LogP contribution in [0, 0.1) is 12.7 Å². The largest absolute Gasteiger partial charge is 0.393 e. The Labute approximate surface area is 200 Å². The standard InChI is InChI=1S/C25H35FN8/c1-16(2)32(4)11-12-34-14-21(19-5-6-20(26)17(3)13-19)31-24(34)18-7-9-33(10-8-18)25-22(27)23(28)29-15-30-25/h5-6,13-16,18H,7-12,27H2,1-4H3,(H2,28,29,30). The van der Waals surface area contributed by atoms with E-state index in [0.717, 1.165) is 56.1 Å². The monoisotopic (exact) mass is 466 g/mol. The smallest absolute Gasteiger partial charge is 0.157 e. The maximum absolute atomic E-state index is 13.8. The van der Waals surface area contributed by atoms with Crippen molar-refractivity contribution in [3.63, 3.8) is 0 Å². The molecule has 0 aliphatic carbocycles. The van der Waals surface area contributed by atoms with Crippen LogP contribution in [0.4, 0.5) is 21.7 Å². The molecule has 1 saturated heterocycles. The molecule has 1 aromatic carbocycles. The first kappa shape index (κ1) is 23.9.